The number of methoxy groups -OCH3 is 1. The SMILES string of the molecule is COc1c(N)cc(C(C)(C)C)cc1CN(C(C)C)C(C)C. The number of ether oxygens (including phenoxy) is 1. The number of rotatable bonds is 5. The van der Waals surface area contributed by atoms with Gasteiger partial charge in [-0.05, 0) is 44.7 Å². The molecule has 2 N–H and O–H groups in total. The van der Waals surface area contributed by atoms with Crippen LogP contribution in [0.2, 0.25) is 0 Å². The number of nitrogen functional groups attached to an aromatic ring is 1. The van der Waals surface area contributed by atoms with Crippen LogP contribution in [0.4, 0.5) is 5.69 Å². The van der Waals surface area contributed by atoms with E-state index < -0.39 is 0 Å². The molecule has 0 aliphatic heterocycles. The van der Waals surface area contributed by atoms with Gasteiger partial charge < -0.3 is 10.5 Å². The Balaban J connectivity index is 3.29. The van der Waals surface area contributed by atoms with E-state index in [-0.39, 0.29) is 5.41 Å². The third-order valence-corrected chi connectivity index (χ3v) is 3.94. The van der Waals surface area contributed by atoms with E-state index in [1.807, 2.05) is 6.07 Å². The number of hydrogen-bond donors (Lipinski definition) is 1. The van der Waals surface area contributed by atoms with Crippen LogP contribution in [0.3, 0.4) is 0 Å². The summed E-state index contributed by atoms with van der Waals surface area (Å²) in [5.41, 5.74) is 9.45. The van der Waals surface area contributed by atoms with Crippen LogP contribution >= 0.6 is 0 Å². The van der Waals surface area contributed by atoms with E-state index in [9.17, 15) is 0 Å². The number of hydrogen-bond acceptors (Lipinski definition) is 3. The van der Waals surface area contributed by atoms with Crippen molar-refractivity contribution in [3.8, 4) is 5.75 Å². The summed E-state index contributed by atoms with van der Waals surface area (Å²) in [6, 6.07) is 5.24. The van der Waals surface area contributed by atoms with Gasteiger partial charge in [-0.15, -0.1) is 0 Å². The molecule has 120 valence electrons. The van der Waals surface area contributed by atoms with Gasteiger partial charge >= 0.3 is 0 Å². The zero-order valence-electron chi connectivity index (χ0n) is 14.9. The fraction of sp³-hybridized carbons (Fsp3) is 0.667. The lowest BCUT2D eigenvalue weighted by molar-refractivity contribution is 0.164. The lowest BCUT2D eigenvalue weighted by atomic mass is 9.85. The van der Waals surface area contributed by atoms with Gasteiger partial charge in [-0.3, -0.25) is 4.90 Å². The second kappa shape index (κ2) is 6.69. The highest BCUT2D eigenvalue weighted by Gasteiger charge is 2.21. The van der Waals surface area contributed by atoms with E-state index in [1.165, 1.54) is 11.1 Å². The Kier molecular flexibility index (Phi) is 5.68. The Morgan fingerprint density at radius 1 is 1.10 bits per heavy atom. The molecule has 0 amide bonds. The zero-order chi connectivity index (χ0) is 16.4. The van der Waals surface area contributed by atoms with Crippen molar-refractivity contribution in [3.05, 3.63) is 23.3 Å². The maximum atomic E-state index is 6.21. The third kappa shape index (κ3) is 4.37. The molecule has 0 fully saturated rings. The molecule has 3 heteroatoms. The van der Waals surface area contributed by atoms with E-state index in [0.29, 0.717) is 12.1 Å². The minimum atomic E-state index is 0.0790. The fourth-order valence-corrected chi connectivity index (χ4v) is 2.67. The summed E-state index contributed by atoms with van der Waals surface area (Å²) in [6.45, 7) is 16.4. The van der Waals surface area contributed by atoms with Gasteiger partial charge in [-0.2, -0.15) is 0 Å². The van der Waals surface area contributed by atoms with Gasteiger partial charge in [0.1, 0.15) is 5.75 Å². The molecule has 0 saturated carbocycles. The average molecular weight is 292 g/mol. The normalized spacial score (nSPS) is 12.5. The van der Waals surface area contributed by atoms with Crippen molar-refractivity contribution in [2.45, 2.75) is 72.5 Å². The molecule has 0 spiro atoms. The van der Waals surface area contributed by atoms with Crippen molar-refractivity contribution in [2.24, 2.45) is 0 Å². The smallest absolute Gasteiger partial charge is 0.146 e. The molecule has 0 radical (unpaired) electrons. The molecule has 0 aromatic heterocycles. The van der Waals surface area contributed by atoms with Crippen molar-refractivity contribution in [2.75, 3.05) is 12.8 Å². The highest BCUT2D eigenvalue weighted by atomic mass is 16.5. The van der Waals surface area contributed by atoms with Crippen LogP contribution in [0.5, 0.6) is 5.75 Å². The predicted molar refractivity (Wildman–Crippen MR) is 91.9 cm³/mol. The minimum absolute atomic E-state index is 0.0790. The van der Waals surface area contributed by atoms with Crippen LogP contribution in [0.1, 0.15) is 59.6 Å². The Hall–Kier alpha value is -1.22. The molecule has 0 aliphatic carbocycles. The third-order valence-electron chi connectivity index (χ3n) is 3.94. The molecular weight excluding hydrogens is 260 g/mol. The molecule has 0 atom stereocenters. The van der Waals surface area contributed by atoms with Crippen LogP contribution in [0.25, 0.3) is 0 Å². The van der Waals surface area contributed by atoms with Crippen LogP contribution < -0.4 is 10.5 Å². The first kappa shape index (κ1) is 17.8. The molecule has 0 heterocycles. The van der Waals surface area contributed by atoms with Crippen molar-refractivity contribution >= 4 is 5.69 Å². The molecule has 0 bridgehead atoms. The summed E-state index contributed by atoms with van der Waals surface area (Å²) in [5.74, 6) is 0.814. The van der Waals surface area contributed by atoms with Gasteiger partial charge in [-0.1, -0.05) is 26.8 Å². The van der Waals surface area contributed by atoms with E-state index in [4.69, 9.17) is 10.5 Å². The van der Waals surface area contributed by atoms with E-state index in [1.54, 1.807) is 7.11 Å². The topological polar surface area (TPSA) is 38.5 Å². The summed E-state index contributed by atoms with van der Waals surface area (Å²) in [5, 5.41) is 0. The van der Waals surface area contributed by atoms with Crippen LogP contribution in [-0.2, 0) is 12.0 Å². The maximum absolute atomic E-state index is 6.21. The Morgan fingerprint density at radius 3 is 2.00 bits per heavy atom. The highest BCUT2D eigenvalue weighted by Crippen LogP contribution is 2.34. The molecule has 1 rings (SSSR count). The zero-order valence-corrected chi connectivity index (χ0v) is 14.9. The lowest BCUT2D eigenvalue weighted by Gasteiger charge is -2.32. The highest BCUT2D eigenvalue weighted by molar-refractivity contribution is 5.60. The summed E-state index contributed by atoms with van der Waals surface area (Å²) in [4.78, 5) is 2.45. The van der Waals surface area contributed by atoms with Crippen LogP contribution in [0.15, 0.2) is 12.1 Å². The standard InChI is InChI=1S/C18H32N2O/c1-12(2)20(13(3)4)11-14-9-15(18(5,6)7)10-16(19)17(14)21-8/h9-10,12-13H,11,19H2,1-8H3. The van der Waals surface area contributed by atoms with E-state index >= 15 is 0 Å². The molecule has 3 nitrogen and oxygen atoms in total. The first-order valence-corrected chi connectivity index (χ1v) is 7.80. The molecular formula is C18H32N2O. The number of nitrogens with two attached hydrogens (primary N) is 1. The van der Waals surface area contributed by atoms with E-state index in [0.717, 1.165) is 18.0 Å². The molecule has 0 unspecified atom stereocenters. The summed E-state index contributed by atoms with van der Waals surface area (Å²) < 4.78 is 5.55. The Morgan fingerprint density at radius 2 is 1.62 bits per heavy atom. The minimum Gasteiger partial charge on any atom is -0.494 e. The quantitative estimate of drug-likeness (QED) is 0.827. The van der Waals surface area contributed by atoms with Gasteiger partial charge in [-0.25, -0.2) is 0 Å². The average Bonchev–Trinajstić information content (AvgIpc) is 2.33. The molecule has 0 aliphatic rings. The summed E-state index contributed by atoms with van der Waals surface area (Å²) in [6.07, 6.45) is 0. The van der Waals surface area contributed by atoms with Gasteiger partial charge in [0.05, 0.1) is 12.8 Å². The fourth-order valence-electron chi connectivity index (χ4n) is 2.67. The molecule has 1 aromatic carbocycles. The predicted octanol–water partition coefficient (Wildman–Crippen LogP) is 4.19. The van der Waals surface area contributed by atoms with Crippen molar-refractivity contribution < 1.29 is 4.74 Å². The van der Waals surface area contributed by atoms with Gasteiger partial charge in [0, 0.05) is 24.2 Å². The second-order valence-electron chi connectivity index (χ2n) is 7.37. The Bertz CT molecular complexity index is 465. The van der Waals surface area contributed by atoms with Crippen molar-refractivity contribution in [1.29, 1.82) is 0 Å². The largest absolute Gasteiger partial charge is 0.494 e. The van der Waals surface area contributed by atoms with Crippen LogP contribution in [-0.4, -0.2) is 24.1 Å². The number of benzene rings is 1. The van der Waals surface area contributed by atoms with Crippen LogP contribution in [0, 0.1) is 0 Å². The van der Waals surface area contributed by atoms with Gasteiger partial charge in [0.25, 0.3) is 0 Å². The first-order chi connectivity index (χ1) is 9.57. The first-order valence-electron chi connectivity index (χ1n) is 7.80. The second-order valence-corrected chi connectivity index (χ2v) is 7.37. The van der Waals surface area contributed by atoms with E-state index in [2.05, 4.69) is 59.4 Å². The monoisotopic (exact) mass is 292 g/mol. The van der Waals surface area contributed by atoms with Gasteiger partial charge in [0.2, 0.25) is 0 Å². The van der Waals surface area contributed by atoms with Gasteiger partial charge in [0.15, 0.2) is 0 Å². The molecule has 1 aromatic rings. The van der Waals surface area contributed by atoms with Crippen molar-refractivity contribution in [1.82, 2.24) is 4.90 Å². The maximum Gasteiger partial charge on any atom is 0.146 e. The summed E-state index contributed by atoms with van der Waals surface area (Å²) in [7, 11) is 1.70. The Labute approximate surface area is 130 Å². The lowest BCUT2D eigenvalue weighted by Crippen LogP contribution is -2.36. The molecule has 0 saturated heterocycles. The molecule has 21 heavy (non-hydrogen) atoms. The number of anilines is 1. The van der Waals surface area contributed by atoms with Crippen molar-refractivity contribution in [3.63, 3.8) is 0 Å². The summed E-state index contributed by atoms with van der Waals surface area (Å²) >= 11 is 0. The number of nitrogens with zero attached hydrogens (tertiary/aromatic N) is 1.